The Morgan fingerprint density at radius 3 is 2.71 bits per heavy atom. The van der Waals surface area contributed by atoms with Crippen molar-refractivity contribution in [1.82, 2.24) is 15.5 Å². The van der Waals surface area contributed by atoms with E-state index in [0.29, 0.717) is 21.5 Å². The summed E-state index contributed by atoms with van der Waals surface area (Å²) < 4.78 is 5.06. The minimum Gasteiger partial charge on any atom is -0.388 e. The lowest BCUT2D eigenvalue weighted by Gasteiger charge is -2.30. The number of piperidine rings is 1. The van der Waals surface area contributed by atoms with Crippen molar-refractivity contribution in [1.29, 1.82) is 0 Å². The zero-order valence-corrected chi connectivity index (χ0v) is 15.1. The van der Waals surface area contributed by atoms with Crippen molar-refractivity contribution in [2.75, 3.05) is 18.4 Å². The van der Waals surface area contributed by atoms with Crippen molar-refractivity contribution in [3.63, 3.8) is 0 Å². The molecule has 0 aliphatic carbocycles. The van der Waals surface area contributed by atoms with Gasteiger partial charge in [-0.05, 0) is 57.3 Å². The van der Waals surface area contributed by atoms with Crippen molar-refractivity contribution >= 4 is 28.9 Å². The highest BCUT2D eigenvalue weighted by Crippen LogP contribution is 2.39. The van der Waals surface area contributed by atoms with Gasteiger partial charge in [0.25, 0.3) is 0 Å². The van der Waals surface area contributed by atoms with Crippen molar-refractivity contribution in [2.45, 2.75) is 32.7 Å². The van der Waals surface area contributed by atoms with Crippen LogP contribution >= 0.6 is 23.2 Å². The van der Waals surface area contributed by atoms with Gasteiger partial charge >= 0.3 is 5.76 Å². The van der Waals surface area contributed by atoms with Gasteiger partial charge in [0.1, 0.15) is 0 Å². The SMILES string of the molecule is Cc1c(-c2n[nH]c(=O)o2)cc(Cl)c(Cl)c1N[C@@H](C)C1CCNCC1. The fraction of sp³-hybridized carbons (Fsp3) is 0.500. The molecule has 3 N–H and O–H groups in total. The van der Waals surface area contributed by atoms with Gasteiger partial charge in [0.05, 0.1) is 15.7 Å². The van der Waals surface area contributed by atoms with Gasteiger partial charge in [0.15, 0.2) is 0 Å². The van der Waals surface area contributed by atoms with E-state index in [-0.39, 0.29) is 11.9 Å². The summed E-state index contributed by atoms with van der Waals surface area (Å²) in [6, 6.07) is 1.92. The number of hydrogen-bond acceptors (Lipinski definition) is 5. The fourth-order valence-electron chi connectivity index (χ4n) is 3.15. The number of halogens is 2. The first-order valence-corrected chi connectivity index (χ1v) is 8.74. The molecule has 1 aromatic heterocycles. The van der Waals surface area contributed by atoms with Gasteiger partial charge in [0.2, 0.25) is 5.89 Å². The normalized spacial score (nSPS) is 17.0. The van der Waals surface area contributed by atoms with Crippen LogP contribution < -0.4 is 16.4 Å². The topological polar surface area (TPSA) is 83.0 Å². The first-order chi connectivity index (χ1) is 11.5. The summed E-state index contributed by atoms with van der Waals surface area (Å²) in [5.74, 6) is 0.161. The summed E-state index contributed by atoms with van der Waals surface area (Å²) >= 11 is 12.7. The lowest BCUT2D eigenvalue weighted by molar-refractivity contribution is 0.343. The molecule has 1 aromatic carbocycles. The number of nitrogens with zero attached hydrogens (tertiary/aromatic N) is 1. The van der Waals surface area contributed by atoms with Gasteiger partial charge in [-0.3, -0.25) is 0 Å². The second kappa shape index (κ2) is 7.17. The Labute approximate surface area is 149 Å². The summed E-state index contributed by atoms with van der Waals surface area (Å²) in [4.78, 5) is 11.2. The minimum absolute atomic E-state index is 0.202. The number of rotatable bonds is 4. The van der Waals surface area contributed by atoms with Crippen LogP contribution in [0.15, 0.2) is 15.3 Å². The van der Waals surface area contributed by atoms with E-state index in [0.717, 1.165) is 37.2 Å². The predicted molar refractivity (Wildman–Crippen MR) is 96.0 cm³/mol. The van der Waals surface area contributed by atoms with Crippen molar-refractivity contribution < 1.29 is 4.42 Å². The van der Waals surface area contributed by atoms with Crippen LogP contribution in [0.2, 0.25) is 10.0 Å². The molecule has 0 unspecified atom stereocenters. The smallest absolute Gasteiger partial charge is 0.388 e. The van der Waals surface area contributed by atoms with Gasteiger partial charge in [-0.2, -0.15) is 0 Å². The number of aromatic nitrogens is 2. The maximum absolute atomic E-state index is 11.2. The Bertz CT molecular complexity index is 781. The first kappa shape index (κ1) is 17.3. The molecule has 130 valence electrons. The van der Waals surface area contributed by atoms with Gasteiger partial charge < -0.3 is 15.1 Å². The maximum Gasteiger partial charge on any atom is 0.434 e. The Balaban J connectivity index is 1.94. The largest absolute Gasteiger partial charge is 0.434 e. The molecule has 3 rings (SSSR count). The van der Waals surface area contributed by atoms with Crippen LogP contribution in [0, 0.1) is 12.8 Å². The van der Waals surface area contributed by atoms with Crippen molar-refractivity contribution in [3.05, 3.63) is 32.2 Å². The van der Waals surface area contributed by atoms with Gasteiger partial charge in [-0.1, -0.05) is 23.2 Å². The maximum atomic E-state index is 11.2. The molecule has 1 aliphatic heterocycles. The molecule has 24 heavy (non-hydrogen) atoms. The number of aromatic amines is 1. The Kier molecular flexibility index (Phi) is 5.18. The number of nitrogens with one attached hydrogen (secondary N) is 3. The quantitative estimate of drug-likeness (QED) is 0.767. The van der Waals surface area contributed by atoms with E-state index in [2.05, 4.69) is 27.8 Å². The predicted octanol–water partition coefficient (Wildman–Crippen LogP) is 3.45. The van der Waals surface area contributed by atoms with E-state index < -0.39 is 5.76 Å². The third-order valence-electron chi connectivity index (χ3n) is 4.61. The molecule has 1 fully saturated rings. The van der Waals surface area contributed by atoms with Crippen molar-refractivity contribution in [2.24, 2.45) is 5.92 Å². The van der Waals surface area contributed by atoms with Crippen LogP contribution in [0.25, 0.3) is 11.5 Å². The zero-order valence-electron chi connectivity index (χ0n) is 13.6. The molecular formula is C16H20Cl2N4O2. The van der Waals surface area contributed by atoms with Gasteiger partial charge in [-0.15, -0.1) is 5.10 Å². The summed E-state index contributed by atoms with van der Waals surface area (Å²) in [5, 5.41) is 13.9. The molecule has 0 radical (unpaired) electrons. The molecule has 2 aromatic rings. The fourth-order valence-corrected chi connectivity index (χ4v) is 3.60. The summed E-state index contributed by atoms with van der Waals surface area (Å²) in [6.45, 7) is 6.12. The molecule has 1 saturated heterocycles. The highest BCUT2D eigenvalue weighted by molar-refractivity contribution is 6.44. The summed E-state index contributed by atoms with van der Waals surface area (Å²) in [5.41, 5.74) is 2.25. The summed E-state index contributed by atoms with van der Waals surface area (Å²) in [7, 11) is 0. The van der Waals surface area contributed by atoms with E-state index in [9.17, 15) is 4.79 Å². The van der Waals surface area contributed by atoms with Crippen LogP contribution in [0.4, 0.5) is 5.69 Å². The lowest BCUT2D eigenvalue weighted by Crippen LogP contribution is -2.36. The molecule has 2 heterocycles. The number of H-pyrrole nitrogens is 1. The van der Waals surface area contributed by atoms with Crippen molar-refractivity contribution in [3.8, 4) is 11.5 Å². The Hall–Kier alpha value is -1.50. The standard InChI is InChI=1S/C16H20Cl2N4O2/c1-8-11(15-21-22-16(23)24-15)7-12(17)13(18)14(8)20-9(2)10-3-5-19-6-4-10/h7,9-10,19-20H,3-6H2,1-2H3,(H,22,23)/t9-/m0/s1. The molecule has 0 bridgehead atoms. The lowest BCUT2D eigenvalue weighted by atomic mass is 9.91. The second-order valence-electron chi connectivity index (χ2n) is 6.16. The Morgan fingerprint density at radius 2 is 2.08 bits per heavy atom. The second-order valence-corrected chi connectivity index (χ2v) is 6.94. The zero-order chi connectivity index (χ0) is 17.3. The number of benzene rings is 1. The number of hydrogen-bond donors (Lipinski definition) is 3. The number of anilines is 1. The van der Waals surface area contributed by atoms with Crippen LogP contribution in [0.3, 0.4) is 0 Å². The van der Waals surface area contributed by atoms with Gasteiger partial charge in [0, 0.05) is 11.6 Å². The molecular weight excluding hydrogens is 351 g/mol. The van der Waals surface area contributed by atoms with Crippen LogP contribution in [-0.4, -0.2) is 29.3 Å². The summed E-state index contributed by atoms with van der Waals surface area (Å²) in [6.07, 6.45) is 2.24. The van der Waals surface area contributed by atoms with E-state index in [4.69, 9.17) is 27.6 Å². The van der Waals surface area contributed by atoms with E-state index in [1.165, 1.54) is 0 Å². The van der Waals surface area contributed by atoms with Crippen LogP contribution in [0.5, 0.6) is 0 Å². The highest BCUT2D eigenvalue weighted by Gasteiger charge is 2.23. The third kappa shape index (κ3) is 3.45. The molecule has 8 heteroatoms. The Morgan fingerprint density at radius 1 is 1.38 bits per heavy atom. The molecule has 6 nitrogen and oxygen atoms in total. The van der Waals surface area contributed by atoms with Crippen LogP contribution in [0.1, 0.15) is 25.3 Å². The first-order valence-electron chi connectivity index (χ1n) is 7.99. The van der Waals surface area contributed by atoms with Gasteiger partial charge in [-0.25, -0.2) is 9.89 Å². The molecule has 1 atom stereocenters. The third-order valence-corrected chi connectivity index (χ3v) is 5.40. The molecule has 0 amide bonds. The minimum atomic E-state index is -0.604. The molecule has 0 saturated carbocycles. The van der Waals surface area contributed by atoms with E-state index in [1.54, 1.807) is 6.07 Å². The highest BCUT2D eigenvalue weighted by atomic mass is 35.5. The monoisotopic (exact) mass is 370 g/mol. The average molecular weight is 371 g/mol. The molecule has 1 aliphatic rings. The van der Waals surface area contributed by atoms with E-state index in [1.807, 2.05) is 6.92 Å². The van der Waals surface area contributed by atoms with Crippen LogP contribution in [-0.2, 0) is 0 Å². The molecule has 0 spiro atoms. The van der Waals surface area contributed by atoms with E-state index >= 15 is 0 Å². The average Bonchev–Trinajstić information content (AvgIpc) is 3.01.